The first-order chi connectivity index (χ1) is 13.2. The second-order valence-corrected chi connectivity index (χ2v) is 7.28. The van der Waals surface area contributed by atoms with Gasteiger partial charge in [0.2, 0.25) is 0 Å². The molecule has 0 amide bonds. The van der Waals surface area contributed by atoms with E-state index in [1.165, 1.54) is 30.4 Å². The van der Waals surface area contributed by atoms with Crippen molar-refractivity contribution in [2.24, 2.45) is 0 Å². The van der Waals surface area contributed by atoms with Gasteiger partial charge >= 0.3 is 0 Å². The molecule has 1 N–H and O–H groups in total. The number of nitrogens with zero attached hydrogens (tertiary/aromatic N) is 4. The summed E-state index contributed by atoms with van der Waals surface area (Å²) in [7, 11) is 0. The average Bonchev–Trinajstić information content (AvgIpc) is 3.37. The highest BCUT2D eigenvalue weighted by Gasteiger charge is 2.17. The van der Waals surface area contributed by atoms with Crippen LogP contribution in [0.25, 0.3) is 0 Å². The zero-order valence-corrected chi connectivity index (χ0v) is 15.8. The number of hydrogen-bond donors (Lipinski definition) is 1. The fraction of sp³-hybridized carbons (Fsp3) is 0.350. The number of rotatable bonds is 6. The maximum Gasteiger partial charge on any atom is 0.287 e. The molecule has 0 aliphatic heterocycles. The second kappa shape index (κ2) is 7.96. The molecule has 2 heterocycles. The van der Waals surface area contributed by atoms with Gasteiger partial charge in [0, 0.05) is 6.20 Å². The minimum Gasteiger partial charge on any atom is -0.377 e. The Morgan fingerprint density at radius 2 is 1.93 bits per heavy atom. The highest BCUT2D eigenvalue weighted by atomic mass is 35.5. The molecular formula is C20H22ClN5O. The molecule has 1 aliphatic carbocycles. The summed E-state index contributed by atoms with van der Waals surface area (Å²) in [6, 6.07) is 12.2. The lowest BCUT2D eigenvalue weighted by Gasteiger charge is -2.10. The first-order valence-corrected chi connectivity index (χ1v) is 9.66. The lowest BCUT2D eigenvalue weighted by Crippen LogP contribution is -2.24. The Hall–Kier alpha value is -2.60. The van der Waals surface area contributed by atoms with E-state index in [1.54, 1.807) is 6.20 Å². The first-order valence-electron chi connectivity index (χ1n) is 9.28. The summed E-state index contributed by atoms with van der Waals surface area (Å²) in [4.78, 5) is 12.5. The number of benzene rings is 1. The summed E-state index contributed by atoms with van der Waals surface area (Å²) in [5.74, 6) is 0. The fourth-order valence-electron chi connectivity index (χ4n) is 3.49. The van der Waals surface area contributed by atoms with Gasteiger partial charge in [0.05, 0.1) is 36.7 Å². The molecule has 1 aliphatic rings. The molecule has 27 heavy (non-hydrogen) atoms. The van der Waals surface area contributed by atoms with Crippen molar-refractivity contribution in [1.29, 1.82) is 0 Å². The van der Waals surface area contributed by atoms with Gasteiger partial charge in [-0.25, -0.2) is 4.68 Å². The molecule has 2 aromatic heterocycles. The second-order valence-electron chi connectivity index (χ2n) is 6.90. The maximum atomic E-state index is 12.5. The van der Waals surface area contributed by atoms with Gasteiger partial charge in [0.25, 0.3) is 5.56 Å². The van der Waals surface area contributed by atoms with Gasteiger partial charge in [-0.3, -0.25) is 9.48 Å². The first kappa shape index (κ1) is 17.8. The van der Waals surface area contributed by atoms with Crippen molar-refractivity contribution in [3.05, 3.63) is 75.4 Å². The summed E-state index contributed by atoms with van der Waals surface area (Å²) in [6.45, 7) is 0.898. The van der Waals surface area contributed by atoms with Crippen molar-refractivity contribution in [3.8, 4) is 0 Å². The van der Waals surface area contributed by atoms with Crippen molar-refractivity contribution in [3.63, 3.8) is 0 Å². The van der Waals surface area contributed by atoms with Crippen LogP contribution in [0.5, 0.6) is 0 Å². The van der Waals surface area contributed by atoms with Crippen molar-refractivity contribution in [2.75, 3.05) is 5.32 Å². The maximum absolute atomic E-state index is 12.5. The Bertz CT molecular complexity index is 960. The SMILES string of the molecule is O=c1c(Cl)c(NCc2ccn(C3CCCC3)n2)cnn1Cc1ccccc1. The summed E-state index contributed by atoms with van der Waals surface area (Å²) in [6.07, 6.45) is 8.58. The molecule has 3 aromatic rings. The van der Waals surface area contributed by atoms with Crippen LogP contribution in [0, 0.1) is 0 Å². The third-order valence-electron chi connectivity index (χ3n) is 4.98. The Morgan fingerprint density at radius 3 is 2.70 bits per heavy atom. The van der Waals surface area contributed by atoms with Crippen molar-refractivity contribution < 1.29 is 0 Å². The van der Waals surface area contributed by atoms with E-state index in [4.69, 9.17) is 11.6 Å². The highest BCUT2D eigenvalue weighted by Crippen LogP contribution is 2.28. The molecule has 0 radical (unpaired) electrons. The van der Waals surface area contributed by atoms with E-state index in [1.807, 2.05) is 42.6 Å². The molecule has 1 saturated carbocycles. The number of nitrogens with one attached hydrogen (secondary N) is 1. The van der Waals surface area contributed by atoms with Gasteiger partial charge < -0.3 is 5.32 Å². The van der Waals surface area contributed by atoms with Gasteiger partial charge in [-0.15, -0.1) is 0 Å². The number of hydrogen-bond acceptors (Lipinski definition) is 4. The van der Waals surface area contributed by atoms with E-state index in [0.717, 1.165) is 11.3 Å². The number of aromatic nitrogens is 4. The highest BCUT2D eigenvalue weighted by molar-refractivity contribution is 6.32. The Labute approximate surface area is 162 Å². The third-order valence-corrected chi connectivity index (χ3v) is 5.35. The lowest BCUT2D eigenvalue weighted by atomic mass is 10.2. The Morgan fingerprint density at radius 1 is 1.15 bits per heavy atom. The minimum absolute atomic E-state index is 0.149. The molecule has 0 spiro atoms. The zero-order valence-electron chi connectivity index (χ0n) is 15.0. The van der Waals surface area contributed by atoms with E-state index in [0.29, 0.717) is 24.8 Å². The molecule has 1 aromatic carbocycles. The Kier molecular flexibility index (Phi) is 5.25. The summed E-state index contributed by atoms with van der Waals surface area (Å²) in [5, 5.41) is 12.2. The van der Waals surface area contributed by atoms with Crippen LogP contribution in [-0.2, 0) is 13.1 Å². The monoisotopic (exact) mass is 383 g/mol. The van der Waals surface area contributed by atoms with Gasteiger partial charge in [-0.1, -0.05) is 54.8 Å². The molecule has 7 heteroatoms. The minimum atomic E-state index is -0.304. The third kappa shape index (κ3) is 4.06. The molecule has 4 rings (SSSR count). The van der Waals surface area contributed by atoms with Crippen LogP contribution in [0.15, 0.2) is 53.6 Å². The predicted octanol–water partition coefficient (Wildman–Crippen LogP) is 3.87. The predicted molar refractivity (Wildman–Crippen MR) is 106 cm³/mol. The summed E-state index contributed by atoms with van der Waals surface area (Å²) in [5.41, 5.74) is 2.15. The zero-order chi connectivity index (χ0) is 18.6. The van der Waals surface area contributed by atoms with E-state index < -0.39 is 0 Å². The van der Waals surface area contributed by atoms with E-state index >= 15 is 0 Å². The van der Waals surface area contributed by atoms with Crippen LogP contribution in [0.2, 0.25) is 5.02 Å². The molecule has 0 bridgehead atoms. The Balaban J connectivity index is 1.43. The van der Waals surface area contributed by atoms with E-state index in [2.05, 4.69) is 20.2 Å². The van der Waals surface area contributed by atoms with Crippen molar-refractivity contribution in [2.45, 2.75) is 44.8 Å². The van der Waals surface area contributed by atoms with Crippen LogP contribution in [0.1, 0.15) is 43.0 Å². The quantitative estimate of drug-likeness (QED) is 0.701. The normalized spacial score (nSPS) is 14.6. The van der Waals surface area contributed by atoms with Crippen LogP contribution >= 0.6 is 11.6 Å². The smallest absolute Gasteiger partial charge is 0.287 e. The molecular weight excluding hydrogens is 362 g/mol. The molecule has 0 atom stereocenters. The molecule has 6 nitrogen and oxygen atoms in total. The summed E-state index contributed by atoms with van der Waals surface area (Å²) >= 11 is 6.28. The van der Waals surface area contributed by atoms with E-state index in [9.17, 15) is 4.79 Å². The standard InChI is InChI=1S/C20H22ClN5O/c21-19-18(13-23-26(20(19)27)14-15-6-2-1-3-7-15)22-12-16-10-11-25(24-16)17-8-4-5-9-17/h1-3,6-7,10-11,13,17,22H,4-5,8-9,12,14H2. The lowest BCUT2D eigenvalue weighted by molar-refractivity contribution is 0.463. The van der Waals surface area contributed by atoms with E-state index in [-0.39, 0.29) is 10.6 Å². The fourth-order valence-corrected chi connectivity index (χ4v) is 3.70. The van der Waals surface area contributed by atoms with Gasteiger partial charge in [0.15, 0.2) is 0 Å². The number of anilines is 1. The summed E-state index contributed by atoms with van der Waals surface area (Å²) < 4.78 is 3.43. The largest absolute Gasteiger partial charge is 0.377 e. The van der Waals surface area contributed by atoms with Gasteiger partial charge in [-0.05, 0) is 24.5 Å². The van der Waals surface area contributed by atoms with Crippen LogP contribution in [-0.4, -0.2) is 19.6 Å². The van der Waals surface area contributed by atoms with Crippen molar-refractivity contribution >= 4 is 17.3 Å². The van der Waals surface area contributed by atoms with Crippen molar-refractivity contribution in [1.82, 2.24) is 19.6 Å². The van der Waals surface area contributed by atoms with Gasteiger partial charge in [0.1, 0.15) is 5.02 Å². The van der Waals surface area contributed by atoms with Crippen LogP contribution in [0.3, 0.4) is 0 Å². The molecule has 140 valence electrons. The van der Waals surface area contributed by atoms with Gasteiger partial charge in [-0.2, -0.15) is 10.2 Å². The molecule has 1 fully saturated rings. The van der Waals surface area contributed by atoms with Crippen LogP contribution in [0.4, 0.5) is 5.69 Å². The molecule has 0 saturated heterocycles. The number of halogens is 1. The average molecular weight is 384 g/mol. The van der Waals surface area contributed by atoms with Crippen LogP contribution < -0.4 is 10.9 Å². The topological polar surface area (TPSA) is 64.7 Å². The molecule has 0 unspecified atom stereocenters.